The Labute approximate surface area is 126 Å². The highest BCUT2D eigenvalue weighted by Crippen LogP contribution is 2.51. The summed E-state index contributed by atoms with van der Waals surface area (Å²) in [5.41, 5.74) is 0. The molecule has 3 rings (SSSR count). The lowest BCUT2D eigenvalue weighted by Gasteiger charge is -2.48. The molecule has 3 saturated carbocycles. The number of carbonyl (C=O) groups is 2. The summed E-state index contributed by atoms with van der Waals surface area (Å²) < 4.78 is 5.03. The molecule has 0 aromatic carbocycles. The average Bonchev–Trinajstić information content (AvgIpc) is 2.30. The molecule has 3 aliphatic carbocycles. The van der Waals surface area contributed by atoms with E-state index in [2.05, 4.69) is 6.92 Å². The fourth-order valence-corrected chi connectivity index (χ4v) is 4.91. The predicted molar refractivity (Wildman–Crippen MR) is 77.5 cm³/mol. The zero-order valence-electron chi connectivity index (χ0n) is 12.7. The van der Waals surface area contributed by atoms with Crippen LogP contribution in [0.2, 0.25) is 0 Å². The SMILES string of the molecule is CC1CC(C2CC(OC=O)C2)CC(C2CC(C(=O)O)C2)C1. The molecule has 3 aliphatic rings. The average molecular weight is 294 g/mol. The molecule has 3 atom stereocenters. The maximum absolute atomic E-state index is 11.0. The van der Waals surface area contributed by atoms with Crippen LogP contribution in [0.5, 0.6) is 0 Å². The number of ether oxygens (including phenoxy) is 1. The van der Waals surface area contributed by atoms with E-state index < -0.39 is 5.97 Å². The van der Waals surface area contributed by atoms with Crippen molar-refractivity contribution < 1.29 is 19.4 Å². The quantitative estimate of drug-likeness (QED) is 0.791. The Morgan fingerprint density at radius 1 is 0.952 bits per heavy atom. The van der Waals surface area contributed by atoms with Crippen LogP contribution in [0.25, 0.3) is 0 Å². The van der Waals surface area contributed by atoms with Crippen molar-refractivity contribution in [1.82, 2.24) is 0 Å². The summed E-state index contributed by atoms with van der Waals surface area (Å²) in [7, 11) is 0. The van der Waals surface area contributed by atoms with E-state index in [0.29, 0.717) is 12.4 Å². The lowest BCUT2D eigenvalue weighted by atomic mass is 9.58. The van der Waals surface area contributed by atoms with Crippen LogP contribution in [0.3, 0.4) is 0 Å². The highest BCUT2D eigenvalue weighted by atomic mass is 16.5. The largest absolute Gasteiger partial charge is 0.481 e. The summed E-state index contributed by atoms with van der Waals surface area (Å²) in [6.45, 7) is 2.91. The van der Waals surface area contributed by atoms with Gasteiger partial charge < -0.3 is 9.84 Å². The van der Waals surface area contributed by atoms with Crippen LogP contribution in [-0.4, -0.2) is 23.7 Å². The summed E-state index contributed by atoms with van der Waals surface area (Å²) in [4.78, 5) is 21.3. The first-order chi connectivity index (χ1) is 10.1. The third-order valence-corrected chi connectivity index (χ3v) is 6.25. The molecule has 3 unspecified atom stereocenters. The zero-order valence-corrected chi connectivity index (χ0v) is 12.7. The molecular weight excluding hydrogens is 268 g/mol. The second-order valence-electron chi connectivity index (χ2n) is 7.68. The van der Waals surface area contributed by atoms with Crippen LogP contribution >= 0.6 is 0 Å². The van der Waals surface area contributed by atoms with Gasteiger partial charge in [-0.05, 0) is 74.5 Å². The Hall–Kier alpha value is -1.06. The van der Waals surface area contributed by atoms with E-state index in [1.54, 1.807) is 0 Å². The summed E-state index contributed by atoms with van der Waals surface area (Å²) in [5, 5.41) is 9.03. The maximum Gasteiger partial charge on any atom is 0.306 e. The van der Waals surface area contributed by atoms with E-state index in [0.717, 1.165) is 49.4 Å². The lowest BCUT2D eigenvalue weighted by molar-refractivity contribution is -0.149. The summed E-state index contributed by atoms with van der Waals surface area (Å²) in [6.07, 6.45) is 7.83. The molecule has 1 N–H and O–H groups in total. The van der Waals surface area contributed by atoms with Crippen LogP contribution in [0.15, 0.2) is 0 Å². The first-order valence-electron chi connectivity index (χ1n) is 8.38. The van der Waals surface area contributed by atoms with E-state index in [-0.39, 0.29) is 12.0 Å². The minimum absolute atomic E-state index is 0.0836. The van der Waals surface area contributed by atoms with Gasteiger partial charge in [0, 0.05) is 0 Å². The number of hydrogen-bond acceptors (Lipinski definition) is 3. The van der Waals surface area contributed by atoms with Crippen molar-refractivity contribution in [1.29, 1.82) is 0 Å². The molecule has 0 radical (unpaired) electrons. The van der Waals surface area contributed by atoms with Gasteiger partial charge in [-0.15, -0.1) is 0 Å². The molecule has 0 aromatic heterocycles. The van der Waals surface area contributed by atoms with Gasteiger partial charge in [0.1, 0.15) is 6.10 Å². The maximum atomic E-state index is 11.0. The normalized spacial score (nSPS) is 46.0. The van der Waals surface area contributed by atoms with E-state index in [4.69, 9.17) is 9.84 Å². The van der Waals surface area contributed by atoms with Crippen LogP contribution < -0.4 is 0 Å². The van der Waals surface area contributed by atoms with Crippen LogP contribution in [0, 0.1) is 35.5 Å². The smallest absolute Gasteiger partial charge is 0.306 e. The Morgan fingerprint density at radius 2 is 1.48 bits per heavy atom. The Bertz CT molecular complexity index is 396. The van der Waals surface area contributed by atoms with Gasteiger partial charge in [0.25, 0.3) is 6.47 Å². The predicted octanol–water partition coefficient (Wildman–Crippen LogP) is 3.10. The highest BCUT2D eigenvalue weighted by molar-refractivity contribution is 5.71. The molecule has 0 bridgehead atoms. The molecule has 4 nitrogen and oxygen atoms in total. The first kappa shape index (κ1) is 14.9. The third-order valence-electron chi connectivity index (χ3n) is 6.25. The zero-order chi connectivity index (χ0) is 15.0. The number of carbonyl (C=O) groups excluding carboxylic acids is 1. The highest BCUT2D eigenvalue weighted by Gasteiger charge is 2.45. The fourth-order valence-electron chi connectivity index (χ4n) is 4.91. The van der Waals surface area contributed by atoms with Gasteiger partial charge in [-0.2, -0.15) is 0 Å². The van der Waals surface area contributed by atoms with Crippen LogP contribution in [-0.2, 0) is 14.3 Å². The molecule has 0 heterocycles. The van der Waals surface area contributed by atoms with Gasteiger partial charge in [0.2, 0.25) is 0 Å². The van der Waals surface area contributed by atoms with Crippen molar-refractivity contribution in [3.8, 4) is 0 Å². The number of aliphatic carboxylic acids is 1. The van der Waals surface area contributed by atoms with Crippen molar-refractivity contribution in [2.24, 2.45) is 35.5 Å². The number of hydrogen-bond donors (Lipinski definition) is 1. The van der Waals surface area contributed by atoms with Crippen LogP contribution in [0.1, 0.15) is 51.9 Å². The molecule has 0 aromatic rings. The Balaban J connectivity index is 1.49. The van der Waals surface area contributed by atoms with Gasteiger partial charge in [0.15, 0.2) is 0 Å². The van der Waals surface area contributed by atoms with E-state index >= 15 is 0 Å². The molecule has 4 heteroatoms. The molecule has 118 valence electrons. The van der Waals surface area contributed by atoms with Gasteiger partial charge in [-0.25, -0.2) is 0 Å². The van der Waals surface area contributed by atoms with E-state index in [9.17, 15) is 9.59 Å². The monoisotopic (exact) mass is 294 g/mol. The molecule has 3 fully saturated rings. The van der Waals surface area contributed by atoms with Gasteiger partial charge >= 0.3 is 5.97 Å². The fraction of sp³-hybridized carbons (Fsp3) is 0.882. The van der Waals surface area contributed by atoms with Crippen molar-refractivity contribution >= 4 is 12.4 Å². The number of carboxylic acid groups (broad SMARTS) is 1. The summed E-state index contributed by atoms with van der Waals surface area (Å²) in [5.74, 6) is 2.89. The first-order valence-corrected chi connectivity index (χ1v) is 8.38. The molecule has 21 heavy (non-hydrogen) atoms. The lowest BCUT2D eigenvalue weighted by Crippen LogP contribution is -2.42. The van der Waals surface area contributed by atoms with Gasteiger partial charge in [0.05, 0.1) is 5.92 Å². The molecule has 0 aliphatic heterocycles. The molecule has 0 saturated heterocycles. The van der Waals surface area contributed by atoms with Crippen molar-refractivity contribution in [2.75, 3.05) is 0 Å². The second-order valence-corrected chi connectivity index (χ2v) is 7.68. The second kappa shape index (κ2) is 5.98. The number of rotatable bonds is 5. The number of carboxylic acids is 1. The van der Waals surface area contributed by atoms with Gasteiger partial charge in [-0.1, -0.05) is 6.92 Å². The Kier molecular flexibility index (Phi) is 4.23. The molecule has 0 spiro atoms. The molecule has 0 amide bonds. The minimum atomic E-state index is -0.612. The van der Waals surface area contributed by atoms with Crippen LogP contribution in [0.4, 0.5) is 0 Å². The topological polar surface area (TPSA) is 63.6 Å². The third kappa shape index (κ3) is 3.09. The van der Waals surface area contributed by atoms with Crippen molar-refractivity contribution in [3.05, 3.63) is 0 Å². The summed E-state index contributed by atoms with van der Waals surface area (Å²) >= 11 is 0. The van der Waals surface area contributed by atoms with Crippen molar-refractivity contribution in [2.45, 2.75) is 58.0 Å². The minimum Gasteiger partial charge on any atom is -0.481 e. The molecular formula is C17H26O4. The van der Waals surface area contributed by atoms with E-state index in [1.165, 1.54) is 19.3 Å². The standard InChI is InChI=1S/C17H26O4/c1-10-2-11(13-5-15(6-13)17(19)20)4-12(3-10)14-7-16(8-14)21-9-18/h9-16H,2-8H2,1H3,(H,19,20). The van der Waals surface area contributed by atoms with Crippen molar-refractivity contribution in [3.63, 3.8) is 0 Å². The summed E-state index contributed by atoms with van der Waals surface area (Å²) in [6, 6.07) is 0. The van der Waals surface area contributed by atoms with E-state index in [1.807, 2.05) is 0 Å². The Morgan fingerprint density at radius 3 is 2.00 bits per heavy atom. The van der Waals surface area contributed by atoms with Gasteiger partial charge in [-0.3, -0.25) is 9.59 Å².